The van der Waals surface area contributed by atoms with E-state index in [1.807, 2.05) is 12.1 Å². The third kappa shape index (κ3) is 1.14. The zero-order valence-electron chi connectivity index (χ0n) is 9.17. The molecule has 1 aromatic rings. The first kappa shape index (κ1) is 9.58. The van der Waals surface area contributed by atoms with Crippen molar-refractivity contribution in [2.45, 2.75) is 32.1 Å². The molecule has 1 aliphatic heterocycles. The van der Waals surface area contributed by atoms with Gasteiger partial charge in [0.15, 0.2) is 5.78 Å². The fourth-order valence-electron chi connectivity index (χ4n) is 2.88. The van der Waals surface area contributed by atoms with Crippen molar-refractivity contribution < 1.29 is 9.59 Å². The molecule has 1 aromatic carbocycles. The molecule has 0 saturated heterocycles. The number of hydrogen-bond acceptors (Lipinski definition) is 2. The molecule has 1 aliphatic carbocycles. The van der Waals surface area contributed by atoms with Crippen molar-refractivity contribution in [2.75, 3.05) is 5.32 Å². The van der Waals surface area contributed by atoms with Gasteiger partial charge in [-0.15, -0.1) is 0 Å². The minimum Gasteiger partial charge on any atom is -0.325 e. The van der Waals surface area contributed by atoms with Crippen molar-refractivity contribution in [3.05, 3.63) is 28.8 Å². The summed E-state index contributed by atoms with van der Waals surface area (Å²) in [4.78, 5) is 23.3. The molecule has 0 fully saturated rings. The number of benzene rings is 1. The third-order valence-electron chi connectivity index (χ3n) is 3.58. The van der Waals surface area contributed by atoms with Crippen LogP contribution < -0.4 is 5.32 Å². The molecule has 0 saturated carbocycles. The molecule has 1 atom stereocenters. The van der Waals surface area contributed by atoms with Crippen LogP contribution in [-0.2, 0) is 11.2 Å². The summed E-state index contributed by atoms with van der Waals surface area (Å²) in [5.41, 5.74) is 3.89. The van der Waals surface area contributed by atoms with E-state index in [-0.39, 0.29) is 17.6 Å². The lowest BCUT2D eigenvalue weighted by molar-refractivity contribution is -0.117. The number of ketones is 1. The first-order chi connectivity index (χ1) is 7.68. The molecule has 0 spiro atoms. The van der Waals surface area contributed by atoms with E-state index in [0.29, 0.717) is 0 Å². The molecule has 1 N–H and O–H groups in total. The van der Waals surface area contributed by atoms with Gasteiger partial charge in [-0.2, -0.15) is 0 Å². The third-order valence-corrected chi connectivity index (χ3v) is 3.58. The standard InChI is InChI=1S/C13H13NO2/c1-7(15)8-5-6-11-12-9(8)3-2-4-10(12)13(16)14-11/h5-6,10H,2-4H2,1H3,(H,14,16). The van der Waals surface area contributed by atoms with Crippen LogP contribution in [0.3, 0.4) is 0 Å². The van der Waals surface area contributed by atoms with Gasteiger partial charge in [0.1, 0.15) is 0 Å². The predicted molar refractivity (Wildman–Crippen MR) is 60.8 cm³/mol. The Balaban J connectivity index is 2.26. The summed E-state index contributed by atoms with van der Waals surface area (Å²) < 4.78 is 0. The molecule has 3 heteroatoms. The Bertz CT molecular complexity index is 505. The average molecular weight is 215 g/mol. The largest absolute Gasteiger partial charge is 0.325 e. The SMILES string of the molecule is CC(=O)c1ccc2c3c1CCCC3C(=O)N2. The van der Waals surface area contributed by atoms with E-state index in [1.54, 1.807) is 6.92 Å². The molecule has 0 aromatic heterocycles. The minimum atomic E-state index is -0.0157. The van der Waals surface area contributed by atoms with Crippen LogP contribution in [0.5, 0.6) is 0 Å². The van der Waals surface area contributed by atoms with Crippen LogP contribution in [-0.4, -0.2) is 11.7 Å². The van der Waals surface area contributed by atoms with Crippen molar-refractivity contribution in [1.29, 1.82) is 0 Å². The highest BCUT2D eigenvalue weighted by atomic mass is 16.2. The number of Topliss-reactive ketones (excluding diaryl/α,β-unsaturated/α-hetero) is 1. The molecule has 0 radical (unpaired) electrons. The van der Waals surface area contributed by atoms with Gasteiger partial charge in [0.25, 0.3) is 0 Å². The van der Waals surface area contributed by atoms with E-state index in [9.17, 15) is 9.59 Å². The zero-order valence-corrected chi connectivity index (χ0v) is 9.17. The number of hydrogen-bond donors (Lipinski definition) is 1. The van der Waals surface area contributed by atoms with E-state index in [0.717, 1.165) is 41.6 Å². The second-order valence-corrected chi connectivity index (χ2v) is 4.54. The van der Waals surface area contributed by atoms with Crippen LogP contribution in [0.2, 0.25) is 0 Å². The van der Waals surface area contributed by atoms with E-state index < -0.39 is 0 Å². The molecule has 82 valence electrons. The highest BCUT2D eigenvalue weighted by molar-refractivity contribution is 6.06. The molecule has 3 nitrogen and oxygen atoms in total. The quantitative estimate of drug-likeness (QED) is 0.730. The van der Waals surface area contributed by atoms with E-state index >= 15 is 0 Å². The highest BCUT2D eigenvalue weighted by Crippen LogP contribution is 2.43. The zero-order chi connectivity index (χ0) is 11.3. The van der Waals surface area contributed by atoms with Crippen molar-refractivity contribution in [3.8, 4) is 0 Å². The number of carbonyl (C=O) groups excluding carboxylic acids is 2. The van der Waals surface area contributed by atoms with E-state index in [2.05, 4.69) is 5.32 Å². The van der Waals surface area contributed by atoms with Gasteiger partial charge in [-0.3, -0.25) is 9.59 Å². The maximum atomic E-state index is 11.7. The molecule has 1 unspecified atom stereocenters. The van der Waals surface area contributed by atoms with Crippen molar-refractivity contribution in [1.82, 2.24) is 0 Å². The normalized spacial score (nSPS) is 21.6. The Hall–Kier alpha value is -1.64. The summed E-state index contributed by atoms with van der Waals surface area (Å²) in [6.07, 6.45) is 2.82. The van der Waals surface area contributed by atoms with Crippen molar-refractivity contribution >= 4 is 17.4 Å². The molecule has 1 heterocycles. The Morgan fingerprint density at radius 2 is 2.25 bits per heavy atom. The lowest BCUT2D eigenvalue weighted by Crippen LogP contribution is -2.16. The summed E-state index contributed by atoms with van der Waals surface area (Å²) in [6, 6.07) is 3.70. The van der Waals surface area contributed by atoms with Crippen LogP contribution in [0, 0.1) is 0 Å². The summed E-state index contributed by atoms with van der Waals surface area (Å²) in [5, 5.41) is 2.90. The Morgan fingerprint density at radius 3 is 3.00 bits per heavy atom. The maximum Gasteiger partial charge on any atom is 0.232 e. The monoisotopic (exact) mass is 215 g/mol. The van der Waals surface area contributed by atoms with E-state index in [4.69, 9.17) is 0 Å². The van der Waals surface area contributed by atoms with Crippen LogP contribution >= 0.6 is 0 Å². The van der Waals surface area contributed by atoms with Gasteiger partial charge >= 0.3 is 0 Å². The Morgan fingerprint density at radius 1 is 1.44 bits per heavy atom. The molecule has 0 bridgehead atoms. The van der Waals surface area contributed by atoms with Crippen molar-refractivity contribution in [3.63, 3.8) is 0 Å². The number of amides is 1. The minimum absolute atomic E-state index is 0.0157. The van der Waals surface area contributed by atoms with Gasteiger partial charge in [-0.25, -0.2) is 0 Å². The van der Waals surface area contributed by atoms with E-state index in [1.165, 1.54) is 0 Å². The summed E-state index contributed by atoms with van der Waals surface area (Å²) in [7, 11) is 0. The predicted octanol–water partition coefficient (Wildman–Crippen LogP) is 2.26. The van der Waals surface area contributed by atoms with Gasteiger partial charge in [0.05, 0.1) is 5.92 Å². The van der Waals surface area contributed by atoms with Crippen LogP contribution in [0.1, 0.15) is 47.2 Å². The molecular formula is C13H13NO2. The maximum absolute atomic E-state index is 11.7. The Kier molecular flexibility index (Phi) is 1.90. The topological polar surface area (TPSA) is 46.2 Å². The first-order valence-corrected chi connectivity index (χ1v) is 5.66. The molecule has 2 aliphatic rings. The smallest absolute Gasteiger partial charge is 0.232 e. The summed E-state index contributed by atoms with van der Waals surface area (Å²) >= 11 is 0. The lowest BCUT2D eigenvalue weighted by Gasteiger charge is -2.21. The number of carbonyl (C=O) groups is 2. The van der Waals surface area contributed by atoms with Crippen LogP contribution in [0.15, 0.2) is 12.1 Å². The highest BCUT2D eigenvalue weighted by Gasteiger charge is 2.36. The van der Waals surface area contributed by atoms with Crippen molar-refractivity contribution in [2.24, 2.45) is 0 Å². The Labute approximate surface area is 93.8 Å². The average Bonchev–Trinajstić information content (AvgIpc) is 2.58. The fourth-order valence-corrected chi connectivity index (χ4v) is 2.88. The van der Waals surface area contributed by atoms with Gasteiger partial charge in [-0.1, -0.05) is 0 Å². The van der Waals surface area contributed by atoms with Gasteiger partial charge < -0.3 is 5.32 Å². The number of rotatable bonds is 1. The summed E-state index contributed by atoms with van der Waals surface area (Å²) in [5.74, 6) is 0.174. The molecule has 3 rings (SSSR count). The van der Waals surface area contributed by atoms with Crippen LogP contribution in [0.25, 0.3) is 0 Å². The molecule has 16 heavy (non-hydrogen) atoms. The second kappa shape index (κ2) is 3.17. The molecular weight excluding hydrogens is 202 g/mol. The second-order valence-electron chi connectivity index (χ2n) is 4.54. The number of anilines is 1. The lowest BCUT2D eigenvalue weighted by atomic mass is 9.81. The molecule has 1 amide bonds. The van der Waals surface area contributed by atoms with Gasteiger partial charge in [-0.05, 0) is 49.4 Å². The summed E-state index contributed by atoms with van der Waals surface area (Å²) in [6.45, 7) is 1.59. The fraction of sp³-hybridized carbons (Fsp3) is 0.385. The number of nitrogens with one attached hydrogen (secondary N) is 1. The van der Waals surface area contributed by atoms with Gasteiger partial charge in [0.2, 0.25) is 5.91 Å². The first-order valence-electron chi connectivity index (χ1n) is 5.66. The van der Waals surface area contributed by atoms with Crippen LogP contribution in [0.4, 0.5) is 5.69 Å². The van der Waals surface area contributed by atoms with Gasteiger partial charge in [0, 0.05) is 11.3 Å².